The maximum Gasteiger partial charge on any atom is 0.490 e. The van der Waals surface area contributed by atoms with Crippen LogP contribution in [0.25, 0.3) is 0 Å². The molecule has 6 rings (SSSR count). The molecule has 60 heavy (non-hydrogen) atoms. The summed E-state index contributed by atoms with van der Waals surface area (Å²) in [5.41, 5.74) is 5.64. The monoisotopic (exact) mass is 832 g/mol. The fourth-order valence-electron chi connectivity index (χ4n) is 5.31. The zero-order valence-corrected chi connectivity index (χ0v) is 32.4. The predicted molar refractivity (Wildman–Crippen MR) is 222 cm³/mol. The average molecular weight is 833 g/mol. The minimum Gasteiger partial charge on any atom is -0.407 e. The molecule has 0 heterocycles. The molecule has 0 atom stereocenters. The first-order chi connectivity index (χ1) is 29.3. The lowest BCUT2D eigenvalue weighted by Crippen LogP contribution is -2.07. The van der Waals surface area contributed by atoms with Crippen molar-refractivity contribution in [3.05, 3.63) is 162 Å². The standard InChI is InChI=1S/C22H13N3O3.C21H12N3O6PS/c26-13-23-19-7-1-16(2-8-19)22(17-3-9-20(10-4-17)24-14-27)18-5-11-21(12-6-18)25-15-28;25-13-22-16-1-7-19(8-2-16)28-31(32,29-20-9-3-17(4-10-20)23-14-26)30-21-11-5-18(6-12-21)24-15-27/h1-12,22H;1-12H. The Balaban J connectivity index is 0.000000230. The number of isocyanates is 6. The Morgan fingerprint density at radius 2 is 0.517 bits per heavy atom. The highest BCUT2D eigenvalue weighted by molar-refractivity contribution is 8.08. The Bertz CT molecular complexity index is 2460. The average Bonchev–Trinajstić information content (AvgIpc) is 3.26. The van der Waals surface area contributed by atoms with Crippen molar-refractivity contribution in [2.75, 3.05) is 0 Å². The molecule has 6 aromatic carbocycles. The highest BCUT2D eigenvalue weighted by Crippen LogP contribution is 2.50. The molecule has 0 aliphatic rings. The molecule has 0 fully saturated rings. The van der Waals surface area contributed by atoms with E-state index in [4.69, 9.17) is 25.4 Å². The first-order valence-corrected chi connectivity index (χ1v) is 19.6. The molecular weight excluding hydrogens is 808 g/mol. The van der Waals surface area contributed by atoms with Gasteiger partial charge in [-0.2, -0.15) is 30.0 Å². The number of nitrogens with zero attached hydrogens (tertiary/aromatic N) is 6. The first kappa shape index (κ1) is 42.8. The summed E-state index contributed by atoms with van der Waals surface area (Å²) in [6, 6.07) is 40.3. The third-order valence-corrected chi connectivity index (χ3v) is 9.86. The molecule has 0 bridgehead atoms. The minimum absolute atomic E-state index is 0.127. The maximum absolute atomic E-state index is 10.4. The molecule has 15 nitrogen and oxygen atoms in total. The Morgan fingerprint density at radius 1 is 0.333 bits per heavy atom. The second kappa shape index (κ2) is 21.8. The summed E-state index contributed by atoms with van der Waals surface area (Å²) >= 11 is 5.59. The van der Waals surface area contributed by atoms with Crippen molar-refractivity contribution in [2.45, 2.75) is 5.92 Å². The van der Waals surface area contributed by atoms with Gasteiger partial charge in [-0.15, -0.1) is 0 Å². The van der Waals surface area contributed by atoms with Crippen LogP contribution in [0.5, 0.6) is 17.2 Å². The molecule has 0 unspecified atom stereocenters. The van der Waals surface area contributed by atoms with E-state index in [1.54, 1.807) is 109 Å². The van der Waals surface area contributed by atoms with Gasteiger partial charge in [-0.1, -0.05) is 36.4 Å². The van der Waals surface area contributed by atoms with Crippen LogP contribution in [-0.2, 0) is 40.6 Å². The number of carbonyl (C=O) groups excluding carboxylic acids is 6. The summed E-state index contributed by atoms with van der Waals surface area (Å²) < 4.78 is 17.6. The van der Waals surface area contributed by atoms with E-state index >= 15 is 0 Å². The van der Waals surface area contributed by atoms with Crippen LogP contribution >= 0.6 is 6.72 Å². The van der Waals surface area contributed by atoms with Gasteiger partial charge in [0, 0.05) is 17.7 Å². The van der Waals surface area contributed by atoms with Crippen LogP contribution in [0, 0.1) is 0 Å². The Morgan fingerprint density at radius 3 is 0.700 bits per heavy atom. The number of hydrogen-bond donors (Lipinski definition) is 0. The second-order valence-corrected chi connectivity index (χ2v) is 14.4. The second-order valence-electron chi connectivity index (χ2n) is 11.6. The summed E-state index contributed by atoms with van der Waals surface area (Å²) in [4.78, 5) is 83.9. The SMILES string of the molecule is O=C=Nc1ccc(C(c2ccc(N=C=O)cc2)c2ccc(N=C=O)cc2)cc1.O=C=Nc1ccc(OP(=S)(Oc2ccc(N=C=O)cc2)Oc2ccc(N=C=O)cc2)cc1. The van der Waals surface area contributed by atoms with E-state index in [-0.39, 0.29) is 5.92 Å². The largest absolute Gasteiger partial charge is 0.490 e. The molecule has 0 amide bonds. The Hall–Kier alpha value is -8.35. The number of aliphatic imine (C=N–C) groups is 6. The van der Waals surface area contributed by atoms with Crippen LogP contribution in [-0.4, -0.2) is 36.5 Å². The van der Waals surface area contributed by atoms with Crippen LogP contribution < -0.4 is 13.6 Å². The number of benzene rings is 6. The maximum atomic E-state index is 10.4. The molecule has 6 aromatic rings. The van der Waals surface area contributed by atoms with Crippen molar-refractivity contribution in [2.24, 2.45) is 30.0 Å². The lowest BCUT2D eigenvalue weighted by molar-refractivity contribution is 0.384. The van der Waals surface area contributed by atoms with Crippen LogP contribution in [0.15, 0.2) is 176 Å². The van der Waals surface area contributed by atoms with Crippen LogP contribution in [0.1, 0.15) is 22.6 Å². The molecular formula is C43H25N6O9PS. The highest BCUT2D eigenvalue weighted by Gasteiger charge is 2.27. The van der Waals surface area contributed by atoms with Gasteiger partial charge >= 0.3 is 6.72 Å². The molecule has 17 heteroatoms. The minimum atomic E-state index is -3.47. The Labute approximate surface area is 345 Å². The quantitative estimate of drug-likeness (QED) is 0.0414. The summed E-state index contributed by atoms with van der Waals surface area (Å²) in [5, 5.41) is 0. The zero-order chi connectivity index (χ0) is 42.6. The van der Waals surface area contributed by atoms with E-state index in [0.717, 1.165) is 16.7 Å². The zero-order valence-electron chi connectivity index (χ0n) is 30.6. The lowest BCUT2D eigenvalue weighted by atomic mass is 9.85. The topological polar surface area (TPSA) is 204 Å². The van der Waals surface area contributed by atoms with Crippen LogP contribution in [0.4, 0.5) is 34.1 Å². The van der Waals surface area contributed by atoms with Crippen LogP contribution in [0.2, 0.25) is 0 Å². The molecule has 0 aromatic heterocycles. The van der Waals surface area contributed by atoms with Gasteiger partial charge in [-0.25, -0.2) is 28.8 Å². The Kier molecular flexibility index (Phi) is 15.6. The summed E-state index contributed by atoms with van der Waals surface area (Å²) in [5.74, 6) is 0.838. The molecule has 0 aliphatic carbocycles. The summed E-state index contributed by atoms with van der Waals surface area (Å²) in [6.45, 7) is -3.47. The fourth-order valence-corrected chi connectivity index (χ4v) is 7.33. The van der Waals surface area contributed by atoms with E-state index in [1.807, 2.05) is 36.4 Å². The van der Waals surface area contributed by atoms with E-state index in [1.165, 1.54) is 36.5 Å². The third-order valence-electron chi connectivity index (χ3n) is 7.89. The van der Waals surface area contributed by atoms with Gasteiger partial charge in [-0.05, 0) is 126 Å². The van der Waals surface area contributed by atoms with Gasteiger partial charge in [0.25, 0.3) is 0 Å². The van der Waals surface area contributed by atoms with E-state index in [0.29, 0.717) is 51.4 Å². The molecule has 0 radical (unpaired) electrons. The van der Waals surface area contributed by atoms with Crippen molar-refractivity contribution in [1.29, 1.82) is 0 Å². The molecule has 0 N–H and O–H groups in total. The number of hydrogen-bond acceptors (Lipinski definition) is 16. The van der Waals surface area contributed by atoms with Gasteiger partial charge < -0.3 is 13.6 Å². The van der Waals surface area contributed by atoms with E-state index in [2.05, 4.69) is 30.0 Å². The van der Waals surface area contributed by atoms with E-state index in [9.17, 15) is 28.8 Å². The van der Waals surface area contributed by atoms with Gasteiger partial charge in [-0.3, -0.25) is 0 Å². The van der Waals surface area contributed by atoms with Crippen molar-refractivity contribution < 1.29 is 42.3 Å². The van der Waals surface area contributed by atoms with Crippen molar-refractivity contribution in [3.8, 4) is 17.2 Å². The van der Waals surface area contributed by atoms with Gasteiger partial charge in [0.2, 0.25) is 36.5 Å². The van der Waals surface area contributed by atoms with E-state index < -0.39 is 6.72 Å². The molecule has 0 aliphatic heterocycles. The molecule has 0 saturated carbocycles. The smallest absolute Gasteiger partial charge is 0.407 e. The van der Waals surface area contributed by atoms with Crippen molar-refractivity contribution in [1.82, 2.24) is 0 Å². The van der Waals surface area contributed by atoms with Crippen LogP contribution in [0.3, 0.4) is 0 Å². The first-order valence-electron chi connectivity index (χ1n) is 17.0. The molecule has 292 valence electrons. The summed E-state index contributed by atoms with van der Waals surface area (Å²) in [6.07, 6.45) is 8.93. The third kappa shape index (κ3) is 12.6. The van der Waals surface area contributed by atoms with Gasteiger partial charge in [0.05, 0.1) is 34.1 Å². The molecule has 0 saturated heterocycles. The lowest BCUT2D eigenvalue weighted by Gasteiger charge is -2.23. The van der Waals surface area contributed by atoms with Crippen molar-refractivity contribution >= 4 is 89.1 Å². The fraction of sp³-hybridized carbons (Fsp3) is 0.0233. The summed E-state index contributed by atoms with van der Waals surface area (Å²) in [7, 11) is 0. The number of rotatable bonds is 15. The predicted octanol–water partition coefficient (Wildman–Crippen LogP) is 10.1. The van der Waals surface area contributed by atoms with Gasteiger partial charge in [0.1, 0.15) is 17.2 Å². The molecule has 0 spiro atoms. The normalized spacial score (nSPS) is 11.1. The van der Waals surface area contributed by atoms with Crippen molar-refractivity contribution in [3.63, 3.8) is 0 Å². The highest BCUT2D eigenvalue weighted by atomic mass is 32.5. The van der Waals surface area contributed by atoms with Gasteiger partial charge in [0.15, 0.2) is 0 Å².